The van der Waals surface area contributed by atoms with Crippen LogP contribution in [0.25, 0.3) is 0 Å². The molecule has 4 rings (SSSR count). The maximum absolute atomic E-state index is 12.5. The molecular formula is C22H28N4O3. The van der Waals surface area contributed by atoms with Gasteiger partial charge in [-0.3, -0.25) is 4.79 Å². The van der Waals surface area contributed by atoms with Gasteiger partial charge in [0.2, 0.25) is 5.95 Å². The Kier molecular flexibility index (Phi) is 5.67. The number of carbonyl (C=O) groups is 1. The van der Waals surface area contributed by atoms with Gasteiger partial charge in [0.25, 0.3) is 5.91 Å². The van der Waals surface area contributed by atoms with E-state index >= 15 is 0 Å². The second kappa shape index (κ2) is 8.37. The largest absolute Gasteiger partial charge is 0.484 e. The fourth-order valence-electron chi connectivity index (χ4n) is 3.98. The Morgan fingerprint density at radius 2 is 2.03 bits per heavy atom. The lowest BCUT2D eigenvalue weighted by atomic mass is 9.74. The SMILES string of the molecule is CC1(C)Cc2nc(N3CCOCC3)ncc2[C@@H](NC(=O)COc2ccccc2)C1. The summed E-state index contributed by atoms with van der Waals surface area (Å²) in [5, 5.41) is 3.12. The lowest BCUT2D eigenvalue weighted by Crippen LogP contribution is -2.40. The van der Waals surface area contributed by atoms with Gasteiger partial charge in [-0.25, -0.2) is 9.97 Å². The van der Waals surface area contributed by atoms with E-state index in [0.29, 0.717) is 19.0 Å². The van der Waals surface area contributed by atoms with Crippen molar-refractivity contribution in [3.8, 4) is 5.75 Å². The summed E-state index contributed by atoms with van der Waals surface area (Å²) in [6.45, 7) is 7.43. The van der Waals surface area contributed by atoms with Crippen LogP contribution in [0.2, 0.25) is 0 Å². The van der Waals surface area contributed by atoms with Crippen LogP contribution >= 0.6 is 0 Å². The van der Waals surface area contributed by atoms with Crippen molar-refractivity contribution < 1.29 is 14.3 Å². The molecule has 7 heteroatoms. The smallest absolute Gasteiger partial charge is 0.258 e. The molecule has 0 spiro atoms. The van der Waals surface area contributed by atoms with Gasteiger partial charge in [-0.15, -0.1) is 0 Å². The average molecular weight is 396 g/mol. The Bertz CT molecular complexity index is 850. The highest BCUT2D eigenvalue weighted by Gasteiger charge is 2.35. The molecule has 2 aromatic rings. The lowest BCUT2D eigenvalue weighted by Gasteiger charge is -2.37. The van der Waals surface area contributed by atoms with Crippen molar-refractivity contribution in [2.24, 2.45) is 5.41 Å². The number of benzene rings is 1. The predicted octanol–water partition coefficient (Wildman–Crippen LogP) is 2.52. The van der Waals surface area contributed by atoms with Crippen LogP contribution in [0.4, 0.5) is 5.95 Å². The van der Waals surface area contributed by atoms with E-state index in [-0.39, 0.29) is 24.0 Å². The van der Waals surface area contributed by atoms with Crippen LogP contribution in [0.15, 0.2) is 36.5 Å². The molecule has 7 nitrogen and oxygen atoms in total. The molecule has 29 heavy (non-hydrogen) atoms. The molecule has 0 unspecified atom stereocenters. The third kappa shape index (κ3) is 4.85. The molecule has 0 saturated carbocycles. The highest BCUT2D eigenvalue weighted by molar-refractivity contribution is 5.78. The molecule has 154 valence electrons. The number of fused-ring (bicyclic) bond motifs is 1. The molecule has 1 aromatic carbocycles. The fraction of sp³-hybridized carbons (Fsp3) is 0.500. The number of ether oxygens (including phenoxy) is 2. The molecule has 1 aromatic heterocycles. The standard InChI is InChI=1S/C22H28N4O3/c1-22(2)12-18(24-20(27)15-29-16-6-4-3-5-7-16)17-14-23-21(25-19(17)13-22)26-8-10-28-11-9-26/h3-7,14,18H,8-13,15H2,1-2H3,(H,24,27)/t18-/m0/s1. The van der Waals surface area contributed by atoms with Crippen LogP contribution in [-0.2, 0) is 16.0 Å². The van der Waals surface area contributed by atoms with Crippen LogP contribution in [0.5, 0.6) is 5.75 Å². The van der Waals surface area contributed by atoms with Gasteiger partial charge in [0, 0.05) is 24.8 Å². The molecule has 1 N–H and O–H groups in total. The number of aromatic nitrogens is 2. The molecule has 1 atom stereocenters. The molecule has 1 saturated heterocycles. The van der Waals surface area contributed by atoms with Crippen LogP contribution in [-0.4, -0.2) is 48.8 Å². The number of carbonyl (C=O) groups excluding carboxylic acids is 1. The van der Waals surface area contributed by atoms with Gasteiger partial charge >= 0.3 is 0 Å². The first-order valence-electron chi connectivity index (χ1n) is 10.2. The van der Waals surface area contributed by atoms with Gasteiger partial charge in [0.15, 0.2) is 6.61 Å². The first-order valence-corrected chi connectivity index (χ1v) is 10.2. The Labute approximate surface area is 171 Å². The zero-order chi connectivity index (χ0) is 20.3. The number of amides is 1. The fourth-order valence-corrected chi connectivity index (χ4v) is 3.98. The van der Waals surface area contributed by atoms with E-state index in [0.717, 1.165) is 43.1 Å². The van der Waals surface area contributed by atoms with E-state index < -0.39 is 0 Å². The molecule has 0 bridgehead atoms. The average Bonchev–Trinajstić information content (AvgIpc) is 2.72. The van der Waals surface area contributed by atoms with Gasteiger partial charge in [-0.05, 0) is 30.4 Å². The van der Waals surface area contributed by atoms with Gasteiger partial charge in [-0.2, -0.15) is 0 Å². The summed E-state index contributed by atoms with van der Waals surface area (Å²) in [5.41, 5.74) is 2.07. The molecule has 1 amide bonds. The third-order valence-electron chi connectivity index (χ3n) is 5.41. The van der Waals surface area contributed by atoms with Crippen molar-refractivity contribution in [2.75, 3.05) is 37.8 Å². The maximum atomic E-state index is 12.5. The van der Waals surface area contributed by atoms with Crippen molar-refractivity contribution in [1.29, 1.82) is 0 Å². The van der Waals surface area contributed by atoms with Crippen molar-refractivity contribution in [3.63, 3.8) is 0 Å². The third-order valence-corrected chi connectivity index (χ3v) is 5.41. The molecule has 1 aliphatic heterocycles. The number of rotatable bonds is 5. The summed E-state index contributed by atoms with van der Waals surface area (Å²) < 4.78 is 11.0. The van der Waals surface area contributed by atoms with Crippen LogP contribution < -0.4 is 15.0 Å². The predicted molar refractivity (Wildman–Crippen MR) is 110 cm³/mol. The molecule has 1 aliphatic carbocycles. The second-order valence-corrected chi connectivity index (χ2v) is 8.44. The second-order valence-electron chi connectivity index (χ2n) is 8.44. The summed E-state index contributed by atoms with van der Waals surface area (Å²) in [5.74, 6) is 1.30. The number of morpholine rings is 1. The minimum atomic E-state index is -0.139. The first-order chi connectivity index (χ1) is 14.0. The van der Waals surface area contributed by atoms with E-state index in [1.54, 1.807) is 0 Å². The van der Waals surface area contributed by atoms with Crippen molar-refractivity contribution in [3.05, 3.63) is 47.8 Å². The van der Waals surface area contributed by atoms with Crippen molar-refractivity contribution >= 4 is 11.9 Å². The number of anilines is 1. The van der Waals surface area contributed by atoms with Crippen molar-refractivity contribution in [1.82, 2.24) is 15.3 Å². The highest BCUT2D eigenvalue weighted by atomic mass is 16.5. The summed E-state index contributed by atoms with van der Waals surface area (Å²) in [6, 6.07) is 9.26. The first kappa shape index (κ1) is 19.6. The van der Waals surface area contributed by atoms with Crippen molar-refractivity contribution in [2.45, 2.75) is 32.7 Å². The number of nitrogens with one attached hydrogen (secondary N) is 1. The Hall–Kier alpha value is -2.67. The molecule has 2 aliphatic rings. The molecule has 0 radical (unpaired) electrons. The van der Waals surface area contributed by atoms with E-state index in [1.807, 2.05) is 36.5 Å². The minimum Gasteiger partial charge on any atom is -0.484 e. The van der Waals surface area contributed by atoms with Crippen LogP contribution in [0.3, 0.4) is 0 Å². The number of nitrogens with zero attached hydrogens (tertiary/aromatic N) is 3. The minimum absolute atomic E-state index is 0.0109. The maximum Gasteiger partial charge on any atom is 0.258 e. The van der Waals surface area contributed by atoms with Crippen LogP contribution in [0.1, 0.15) is 37.6 Å². The summed E-state index contributed by atoms with van der Waals surface area (Å²) in [4.78, 5) is 24.1. The van der Waals surface area contributed by atoms with E-state index in [9.17, 15) is 4.79 Å². The molecular weight excluding hydrogens is 368 g/mol. The topological polar surface area (TPSA) is 76.6 Å². The normalized spacial score (nSPS) is 20.6. The Morgan fingerprint density at radius 3 is 2.79 bits per heavy atom. The van der Waals surface area contributed by atoms with E-state index in [2.05, 4.69) is 29.0 Å². The summed E-state index contributed by atoms with van der Waals surface area (Å²) >= 11 is 0. The monoisotopic (exact) mass is 396 g/mol. The van der Waals surface area contributed by atoms with Gasteiger partial charge in [0.1, 0.15) is 5.75 Å². The van der Waals surface area contributed by atoms with Gasteiger partial charge in [0.05, 0.1) is 24.9 Å². The van der Waals surface area contributed by atoms with Crippen LogP contribution in [0, 0.1) is 5.41 Å². The quantitative estimate of drug-likeness (QED) is 0.837. The van der Waals surface area contributed by atoms with E-state index in [1.165, 1.54) is 0 Å². The van der Waals surface area contributed by atoms with Gasteiger partial charge < -0.3 is 19.7 Å². The molecule has 2 heterocycles. The number of para-hydroxylation sites is 1. The highest BCUT2D eigenvalue weighted by Crippen LogP contribution is 2.40. The lowest BCUT2D eigenvalue weighted by molar-refractivity contribution is -0.124. The molecule has 1 fully saturated rings. The number of hydrogen-bond acceptors (Lipinski definition) is 6. The Morgan fingerprint density at radius 1 is 1.28 bits per heavy atom. The Balaban J connectivity index is 1.47. The summed E-state index contributed by atoms with van der Waals surface area (Å²) in [6.07, 6.45) is 3.60. The zero-order valence-electron chi connectivity index (χ0n) is 17.1. The summed E-state index contributed by atoms with van der Waals surface area (Å²) in [7, 11) is 0. The van der Waals surface area contributed by atoms with E-state index in [4.69, 9.17) is 14.5 Å². The van der Waals surface area contributed by atoms with Gasteiger partial charge in [-0.1, -0.05) is 32.0 Å². The number of hydrogen-bond donors (Lipinski definition) is 1. The zero-order valence-corrected chi connectivity index (χ0v) is 17.1.